The van der Waals surface area contributed by atoms with E-state index < -0.39 is 65.6 Å². The number of carbonyl (C=O) groups is 2. The molecule has 1 aromatic rings. The fraction of sp³-hybridized carbons (Fsp3) is 0.500. The number of nitrogens with two attached hydrogens (primary N) is 1. The predicted molar refractivity (Wildman–Crippen MR) is 102 cm³/mol. The summed E-state index contributed by atoms with van der Waals surface area (Å²) in [4.78, 5) is 26.0. The molecule has 0 radical (unpaired) electrons. The number of phenolic OH excluding ortho intramolecular Hbond substituents is 1. The monoisotopic (exact) mass is 407 g/mol. The molecule has 2 aliphatic carbocycles. The van der Waals surface area contributed by atoms with E-state index in [2.05, 4.69) is 0 Å². The van der Waals surface area contributed by atoms with E-state index in [-0.39, 0.29) is 23.4 Å². The van der Waals surface area contributed by atoms with Crippen LogP contribution < -0.4 is 5.73 Å². The van der Waals surface area contributed by atoms with Crippen molar-refractivity contribution in [1.82, 2.24) is 0 Å². The van der Waals surface area contributed by atoms with E-state index in [1.54, 1.807) is 13.0 Å². The summed E-state index contributed by atoms with van der Waals surface area (Å²) in [6, 6.07) is 3.04. The number of hydrogen-bond donors (Lipinski definition) is 6. The van der Waals surface area contributed by atoms with Crippen LogP contribution >= 0.6 is 0 Å². The van der Waals surface area contributed by atoms with Crippen molar-refractivity contribution in [2.45, 2.75) is 31.0 Å². The van der Waals surface area contributed by atoms with Crippen LogP contribution in [-0.4, -0.2) is 69.1 Å². The molecule has 2 unspecified atom stereocenters. The number of methoxy groups -OCH3 is 1. The summed E-state index contributed by atoms with van der Waals surface area (Å²) in [6.45, 7) is 0.804. The van der Waals surface area contributed by atoms with Crippen LogP contribution in [0.25, 0.3) is 5.76 Å². The van der Waals surface area contributed by atoms with Crippen molar-refractivity contribution < 1.29 is 39.9 Å². The summed E-state index contributed by atoms with van der Waals surface area (Å²) in [6.07, 6.45) is -1.93. The third-order valence-electron chi connectivity index (χ3n) is 6.11. The minimum absolute atomic E-state index is 0.0192. The Morgan fingerprint density at radius 3 is 2.55 bits per heavy atom. The number of Topliss-reactive ketones (excluding diaryl/α,β-unsaturated/α-hetero) is 2. The van der Waals surface area contributed by atoms with Crippen LogP contribution in [0.4, 0.5) is 5.69 Å². The molecule has 158 valence electrons. The molecule has 7 N–H and O–H groups in total. The van der Waals surface area contributed by atoms with Gasteiger partial charge >= 0.3 is 0 Å². The minimum atomic E-state index is -2.69. The van der Waals surface area contributed by atoms with E-state index in [1.165, 1.54) is 13.2 Å². The minimum Gasteiger partial charge on any atom is -0.507 e. The summed E-state index contributed by atoms with van der Waals surface area (Å²) in [5.41, 5.74) is 3.07. The first-order valence-corrected chi connectivity index (χ1v) is 9.25. The zero-order valence-electron chi connectivity index (χ0n) is 16.1. The Hall–Kier alpha value is -2.46. The van der Waals surface area contributed by atoms with Crippen molar-refractivity contribution in [3.05, 3.63) is 28.8 Å². The van der Waals surface area contributed by atoms with E-state index >= 15 is 0 Å². The second-order valence-corrected chi connectivity index (χ2v) is 7.59. The first-order valence-electron chi connectivity index (χ1n) is 9.25. The molecule has 5 atom stereocenters. The maximum atomic E-state index is 13.3. The Kier molecular flexibility index (Phi) is 5.44. The first kappa shape index (κ1) is 21.3. The van der Waals surface area contributed by atoms with E-state index in [4.69, 9.17) is 15.6 Å². The lowest BCUT2D eigenvalue weighted by atomic mass is 9.58. The van der Waals surface area contributed by atoms with Gasteiger partial charge in [-0.1, -0.05) is 13.0 Å². The fourth-order valence-corrected chi connectivity index (χ4v) is 4.61. The molecule has 1 saturated carbocycles. The molecule has 0 amide bonds. The molecular formula is C20H25NO8. The number of phenols is 1. The molecule has 0 heterocycles. The van der Waals surface area contributed by atoms with Gasteiger partial charge in [-0.15, -0.1) is 0 Å². The average Bonchev–Trinajstić information content (AvgIpc) is 2.68. The van der Waals surface area contributed by atoms with Gasteiger partial charge in [-0.05, 0) is 17.5 Å². The Bertz CT molecular complexity index is 895. The van der Waals surface area contributed by atoms with Crippen LogP contribution in [-0.2, 0) is 14.3 Å². The van der Waals surface area contributed by atoms with Gasteiger partial charge in [-0.2, -0.15) is 0 Å². The van der Waals surface area contributed by atoms with Gasteiger partial charge in [-0.3, -0.25) is 9.59 Å². The summed E-state index contributed by atoms with van der Waals surface area (Å²) >= 11 is 0. The van der Waals surface area contributed by atoms with Gasteiger partial charge in [0.2, 0.25) is 5.78 Å². The summed E-state index contributed by atoms with van der Waals surface area (Å²) in [5, 5.41) is 52.5. The highest BCUT2D eigenvalue weighted by atomic mass is 16.5. The number of fused-ring (bicyclic) bond motifs is 2. The maximum Gasteiger partial charge on any atom is 0.202 e. The van der Waals surface area contributed by atoms with Crippen molar-refractivity contribution in [1.29, 1.82) is 0 Å². The molecule has 29 heavy (non-hydrogen) atoms. The number of hydrogen-bond acceptors (Lipinski definition) is 9. The SMILES string of the molecule is COCC1[C@@H](O)C2C(=C(O)c3c(ccc(N)c3O)[C@@H]2C)C(=O)[C@]1(O)C(=O)CCO. The lowest BCUT2D eigenvalue weighted by Gasteiger charge is -2.48. The second-order valence-electron chi connectivity index (χ2n) is 7.59. The molecular weight excluding hydrogens is 382 g/mol. The molecule has 0 aliphatic heterocycles. The quantitative estimate of drug-likeness (QED) is 0.221. The van der Waals surface area contributed by atoms with E-state index in [0.717, 1.165) is 0 Å². The van der Waals surface area contributed by atoms with Gasteiger partial charge in [0, 0.05) is 25.0 Å². The predicted octanol–water partition coefficient (Wildman–Crippen LogP) is -0.134. The number of aromatic hydroxyl groups is 1. The number of rotatable bonds is 5. The molecule has 0 bridgehead atoms. The number of ketones is 2. The molecule has 0 spiro atoms. The summed E-state index contributed by atoms with van der Waals surface area (Å²) in [5.74, 6) is -5.91. The lowest BCUT2D eigenvalue weighted by Crippen LogP contribution is -2.65. The van der Waals surface area contributed by atoms with E-state index in [9.17, 15) is 30.0 Å². The molecule has 3 rings (SSSR count). The Balaban J connectivity index is 2.28. The molecule has 1 fully saturated rings. The number of benzene rings is 1. The van der Waals surface area contributed by atoms with Crippen LogP contribution in [0, 0.1) is 11.8 Å². The molecule has 1 aromatic carbocycles. The lowest BCUT2D eigenvalue weighted by molar-refractivity contribution is -0.173. The van der Waals surface area contributed by atoms with Gasteiger partial charge in [0.25, 0.3) is 0 Å². The van der Waals surface area contributed by atoms with Gasteiger partial charge in [0.1, 0.15) is 11.5 Å². The average molecular weight is 407 g/mol. The number of carbonyl (C=O) groups excluding carboxylic acids is 2. The topological polar surface area (TPSA) is 171 Å². The number of nitrogen functional groups attached to an aromatic ring is 1. The van der Waals surface area contributed by atoms with Gasteiger partial charge in [-0.25, -0.2) is 0 Å². The van der Waals surface area contributed by atoms with E-state index in [0.29, 0.717) is 5.56 Å². The highest BCUT2D eigenvalue weighted by molar-refractivity contribution is 6.21. The summed E-state index contributed by atoms with van der Waals surface area (Å²) in [7, 11) is 1.30. The highest BCUT2D eigenvalue weighted by Crippen LogP contribution is 2.53. The molecule has 0 aromatic heterocycles. The van der Waals surface area contributed by atoms with Crippen LogP contribution in [0.15, 0.2) is 17.7 Å². The third kappa shape index (κ3) is 2.84. The van der Waals surface area contributed by atoms with Gasteiger partial charge < -0.3 is 36.0 Å². The number of anilines is 1. The third-order valence-corrected chi connectivity index (χ3v) is 6.11. The van der Waals surface area contributed by atoms with Crippen molar-refractivity contribution in [2.75, 3.05) is 26.1 Å². The highest BCUT2D eigenvalue weighted by Gasteiger charge is 2.62. The fourth-order valence-electron chi connectivity index (χ4n) is 4.61. The molecule has 9 nitrogen and oxygen atoms in total. The largest absolute Gasteiger partial charge is 0.507 e. The maximum absolute atomic E-state index is 13.3. The smallest absolute Gasteiger partial charge is 0.202 e. The molecule has 9 heteroatoms. The number of aliphatic hydroxyl groups excluding tert-OH is 3. The Labute approximate surface area is 167 Å². The van der Waals surface area contributed by atoms with Crippen LogP contribution in [0.2, 0.25) is 0 Å². The zero-order valence-corrected chi connectivity index (χ0v) is 16.1. The van der Waals surface area contributed by atoms with Crippen molar-refractivity contribution >= 4 is 23.0 Å². The zero-order chi connectivity index (χ0) is 21.7. The van der Waals surface area contributed by atoms with Crippen LogP contribution in [0.5, 0.6) is 5.75 Å². The Morgan fingerprint density at radius 1 is 1.31 bits per heavy atom. The molecule has 0 saturated heterocycles. The van der Waals surface area contributed by atoms with Gasteiger partial charge in [0.15, 0.2) is 11.4 Å². The molecule has 2 aliphatic rings. The number of ether oxygens (including phenoxy) is 1. The number of aliphatic hydroxyl groups is 4. The first-order chi connectivity index (χ1) is 13.6. The van der Waals surface area contributed by atoms with Crippen molar-refractivity contribution in [2.24, 2.45) is 11.8 Å². The second kappa shape index (κ2) is 7.42. The normalized spacial score (nSPS) is 31.4. The van der Waals surface area contributed by atoms with Crippen LogP contribution in [0.3, 0.4) is 0 Å². The van der Waals surface area contributed by atoms with E-state index in [1.807, 2.05) is 0 Å². The van der Waals surface area contributed by atoms with Crippen LogP contribution in [0.1, 0.15) is 30.4 Å². The summed E-state index contributed by atoms with van der Waals surface area (Å²) < 4.78 is 5.05. The standard InChI is InChI=1S/C20H25NO8/c1-8-9-3-4-11(21)17(25)14(9)18(26)15-13(8)16(24)10(7-29-2)20(28,19(15)27)12(23)5-6-22/h3-4,8,10,13,16,22,24-26,28H,5-7,21H2,1-2H3/t8-,10?,13?,16+,20+/m0/s1. The van der Waals surface area contributed by atoms with Crippen molar-refractivity contribution in [3.63, 3.8) is 0 Å². The van der Waals surface area contributed by atoms with Crippen molar-refractivity contribution in [3.8, 4) is 5.75 Å². The van der Waals surface area contributed by atoms with Gasteiger partial charge in [0.05, 0.1) is 36.5 Å². The Morgan fingerprint density at radius 2 is 1.97 bits per heavy atom.